The van der Waals surface area contributed by atoms with Gasteiger partial charge in [0.15, 0.2) is 0 Å². The Kier molecular flexibility index (Phi) is 4.28. The minimum Gasteiger partial charge on any atom is -0.383 e. The Balaban J connectivity index is 2.02. The fraction of sp³-hybridized carbons (Fsp3) is 0.417. The van der Waals surface area contributed by atoms with Gasteiger partial charge in [-0.1, -0.05) is 0 Å². The van der Waals surface area contributed by atoms with E-state index in [9.17, 15) is 10.1 Å². The van der Waals surface area contributed by atoms with Crippen molar-refractivity contribution in [1.82, 2.24) is 5.32 Å². The molecule has 0 radical (unpaired) electrons. The van der Waals surface area contributed by atoms with Crippen molar-refractivity contribution in [3.05, 3.63) is 33.9 Å². The minimum atomic E-state index is -0.550. The van der Waals surface area contributed by atoms with Gasteiger partial charge >= 0.3 is 0 Å². The second-order valence-corrected chi connectivity index (χ2v) is 4.21. The zero-order chi connectivity index (χ0) is 13.7. The molecule has 0 amide bonds. The van der Waals surface area contributed by atoms with Crippen LogP contribution in [-0.2, 0) is 4.74 Å². The highest BCUT2D eigenvalue weighted by molar-refractivity contribution is 5.59. The summed E-state index contributed by atoms with van der Waals surface area (Å²) in [5.41, 5.74) is 0.508. The van der Waals surface area contributed by atoms with E-state index in [1.54, 1.807) is 6.07 Å². The maximum Gasteiger partial charge on any atom is 0.289 e. The zero-order valence-electron chi connectivity index (χ0n) is 10.3. The summed E-state index contributed by atoms with van der Waals surface area (Å²) in [5, 5.41) is 26.0. The van der Waals surface area contributed by atoms with Crippen LogP contribution in [0.1, 0.15) is 5.56 Å². The molecule has 19 heavy (non-hydrogen) atoms. The molecule has 0 aliphatic carbocycles. The molecule has 1 aromatic rings. The van der Waals surface area contributed by atoms with Gasteiger partial charge in [0.25, 0.3) is 5.69 Å². The Morgan fingerprint density at radius 2 is 2.47 bits per heavy atom. The average molecular weight is 262 g/mol. The van der Waals surface area contributed by atoms with Gasteiger partial charge in [0.05, 0.1) is 18.1 Å². The molecular formula is C12H14N4O3. The van der Waals surface area contributed by atoms with Crippen LogP contribution in [0.5, 0.6) is 0 Å². The van der Waals surface area contributed by atoms with E-state index >= 15 is 0 Å². The molecule has 1 aliphatic rings. The first-order chi connectivity index (χ1) is 9.20. The SMILES string of the molecule is N#Cc1ccc(NCC2COCCN2)cc1[N+](=O)[O-]. The van der Waals surface area contributed by atoms with Crippen molar-refractivity contribution in [1.29, 1.82) is 5.26 Å². The number of hydrogen-bond acceptors (Lipinski definition) is 6. The minimum absolute atomic E-state index is 0.0645. The number of hydrogen-bond donors (Lipinski definition) is 2. The van der Waals surface area contributed by atoms with Gasteiger partial charge < -0.3 is 15.4 Å². The summed E-state index contributed by atoms with van der Waals surface area (Å²) in [6.07, 6.45) is 0. The lowest BCUT2D eigenvalue weighted by atomic mass is 10.1. The summed E-state index contributed by atoms with van der Waals surface area (Å²) in [7, 11) is 0. The van der Waals surface area contributed by atoms with Crippen molar-refractivity contribution in [2.75, 3.05) is 31.6 Å². The number of ether oxygens (including phenoxy) is 1. The van der Waals surface area contributed by atoms with Gasteiger partial charge in [-0.15, -0.1) is 0 Å². The zero-order valence-corrected chi connectivity index (χ0v) is 10.3. The highest BCUT2D eigenvalue weighted by Crippen LogP contribution is 2.22. The predicted molar refractivity (Wildman–Crippen MR) is 68.9 cm³/mol. The molecule has 1 saturated heterocycles. The lowest BCUT2D eigenvalue weighted by Crippen LogP contribution is -2.45. The highest BCUT2D eigenvalue weighted by atomic mass is 16.6. The Morgan fingerprint density at radius 1 is 1.63 bits per heavy atom. The fourth-order valence-electron chi connectivity index (χ4n) is 1.88. The third-order valence-electron chi connectivity index (χ3n) is 2.87. The number of nitriles is 1. The van der Waals surface area contributed by atoms with E-state index in [1.165, 1.54) is 12.1 Å². The Hall–Kier alpha value is -2.17. The largest absolute Gasteiger partial charge is 0.383 e. The van der Waals surface area contributed by atoms with Crippen LogP contribution < -0.4 is 10.6 Å². The number of rotatable bonds is 4. The maximum atomic E-state index is 10.8. The number of nitro groups is 1. The van der Waals surface area contributed by atoms with E-state index in [1.807, 2.05) is 6.07 Å². The predicted octanol–water partition coefficient (Wildman–Crippen LogP) is 0.867. The summed E-state index contributed by atoms with van der Waals surface area (Å²) >= 11 is 0. The van der Waals surface area contributed by atoms with E-state index in [0.717, 1.165) is 6.54 Å². The van der Waals surface area contributed by atoms with Crippen molar-refractivity contribution in [2.45, 2.75) is 6.04 Å². The monoisotopic (exact) mass is 262 g/mol. The summed E-state index contributed by atoms with van der Waals surface area (Å²) in [4.78, 5) is 10.3. The summed E-state index contributed by atoms with van der Waals surface area (Å²) < 4.78 is 5.32. The van der Waals surface area contributed by atoms with Crippen LogP contribution in [0.25, 0.3) is 0 Å². The number of nitro benzene ring substituents is 1. The second kappa shape index (κ2) is 6.13. The van der Waals surface area contributed by atoms with Crippen LogP contribution in [0, 0.1) is 21.4 Å². The van der Waals surface area contributed by atoms with Crippen molar-refractivity contribution in [3.63, 3.8) is 0 Å². The highest BCUT2D eigenvalue weighted by Gasteiger charge is 2.16. The van der Waals surface area contributed by atoms with E-state index in [4.69, 9.17) is 10.00 Å². The summed E-state index contributed by atoms with van der Waals surface area (Å²) in [5.74, 6) is 0. The van der Waals surface area contributed by atoms with Gasteiger partial charge in [0, 0.05) is 30.9 Å². The van der Waals surface area contributed by atoms with E-state index in [2.05, 4.69) is 10.6 Å². The molecule has 1 fully saturated rings. The molecule has 100 valence electrons. The molecule has 1 unspecified atom stereocenters. The van der Waals surface area contributed by atoms with Gasteiger partial charge in [-0.2, -0.15) is 5.26 Å². The molecule has 7 heteroatoms. The lowest BCUT2D eigenvalue weighted by molar-refractivity contribution is -0.385. The molecule has 0 bridgehead atoms. The van der Waals surface area contributed by atoms with Crippen LogP contribution in [0.3, 0.4) is 0 Å². The first-order valence-electron chi connectivity index (χ1n) is 5.94. The fourth-order valence-corrected chi connectivity index (χ4v) is 1.88. The maximum absolute atomic E-state index is 10.8. The molecule has 1 heterocycles. The topological polar surface area (TPSA) is 100 Å². The van der Waals surface area contributed by atoms with Crippen LogP contribution in [0.15, 0.2) is 18.2 Å². The van der Waals surface area contributed by atoms with Gasteiger partial charge in [0.2, 0.25) is 0 Å². The van der Waals surface area contributed by atoms with E-state index in [-0.39, 0.29) is 17.3 Å². The molecule has 0 saturated carbocycles. The van der Waals surface area contributed by atoms with Crippen LogP contribution in [0.2, 0.25) is 0 Å². The third kappa shape index (κ3) is 3.40. The standard InChI is InChI=1S/C12H14N4O3/c13-6-9-1-2-10(5-12(9)16(17)18)15-7-11-8-19-4-3-14-11/h1-2,5,11,14-15H,3-4,7-8H2. The molecule has 0 spiro atoms. The van der Waals surface area contributed by atoms with Crippen molar-refractivity contribution in [2.24, 2.45) is 0 Å². The van der Waals surface area contributed by atoms with Crippen LogP contribution in [-0.4, -0.2) is 37.3 Å². The second-order valence-electron chi connectivity index (χ2n) is 4.21. The normalized spacial score (nSPS) is 18.6. The molecular weight excluding hydrogens is 248 g/mol. The molecule has 7 nitrogen and oxygen atoms in total. The van der Waals surface area contributed by atoms with E-state index < -0.39 is 4.92 Å². The molecule has 2 rings (SSSR count). The van der Waals surface area contributed by atoms with Crippen LogP contribution in [0.4, 0.5) is 11.4 Å². The number of anilines is 1. The van der Waals surface area contributed by atoms with Crippen molar-refractivity contribution in [3.8, 4) is 6.07 Å². The number of morpholine rings is 1. The molecule has 2 N–H and O–H groups in total. The van der Waals surface area contributed by atoms with Gasteiger partial charge in [-0.3, -0.25) is 10.1 Å². The first-order valence-corrected chi connectivity index (χ1v) is 5.94. The third-order valence-corrected chi connectivity index (χ3v) is 2.87. The smallest absolute Gasteiger partial charge is 0.289 e. The molecule has 1 aliphatic heterocycles. The van der Waals surface area contributed by atoms with Gasteiger partial charge in [-0.25, -0.2) is 0 Å². The Bertz CT molecular complexity index is 506. The Labute approximate surface area is 110 Å². The number of nitrogens with zero attached hydrogens (tertiary/aromatic N) is 2. The van der Waals surface area contributed by atoms with Gasteiger partial charge in [-0.05, 0) is 12.1 Å². The quantitative estimate of drug-likeness (QED) is 0.616. The van der Waals surface area contributed by atoms with Gasteiger partial charge in [0.1, 0.15) is 11.6 Å². The number of benzene rings is 1. The summed E-state index contributed by atoms with van der Waals surface area (Å²) in [6.45, 7) is 2.74. The molecule has 1 atom stereocenters. The first kappa shape index (κ1) is 13.3. The van der Waals surface area contributed by atoms with E-state index in [0.29, 0.717) is 25.4 Å². The number of nitrogens with one attached hydrogen (secondary N) is 2. The average Bonchev–Trinajstić information content (AvgIpc) is 2.46. The van der Waals surface area contributed by atoms with Crippen molar-refractivity contribution < 1.29 is 9.66 Å². The van der Waals surface area contributed by atoms with Crippen LogP contribution >= 0.6 is 0 Å². The van der Waals surface area contributed by atoms with Crippen molar-refractivity contribution >= 4 is 11.4 Å². The lowest BCUT2D eigenvalue weighted by Gasteiger charge is -2.24. The molecule has 1 aromatic carbocycles. The summed E-state index contributed by atoms with van der Waals surface area (Å²) in [6, 6.07) is 6.48. The Morgan fingerprint density at radius 3 is 3.11 bits per heavy atom. The molecule has 0 aromatic heterocycles.